The molecule has 0 aliphatic carbocycles. The monoisotopic (exact) mass is 264 g/mol. The van der Waals surface area contributed by atoms with Gasteiger partial charge in [0.25, 0.3) is 0 Å². The Bertz CT molecular complexity index is 459. The lowest BCUT2D eigenvalue weighted by Crippen LogP contribution is -2.18. The molecule has 0 unspecified atom stereocenters. The summed E-state index contributed by atoms with van der Waals surface area (Å²) in [5.41, 5.74) is 0.736. The minimum Gasteiger partial charge on any atom is -0.482 e. The van der Waals surface area contributed by atoms with Gasteiger partial charge in [-0.1, -0.05) is 12.1 Å². The van der Waals surface area contributed by atoms with Crippen molar-refractivity contribution in [3.63, 3.8) is 0 Å². The number of esters is 1. The lowest BCUT2D eigenvalue weighted by Gasteiger charge is -2.09. The number of hydrogen-bond acceptors (Lipinski definition) is 4. The van der Waals surface area contributed by atoms with Gasteiger partial charge in [-0.05, 0) is 37.6 Å². The Morgan fingerprint density at radius 2 is 1.89 bits per heavy atom. The number of hydrogen-bond donors (Lipinski definition) is 1. The molecule has 0 aliphatic heterocycles. The molecule has 0 amide bonds. The van der Waals surface area contributed by atoms with Gasteiger partial charge in [0.2, 0.25) is 0 Å². The molecule has 0 bridgehead atoms. The van der Waals surface area contributed by atoms with Crippen molar-refractivity contribution in [1.82, 2.24) is 0 Å². The number of rotatable bonds is 6. The van der Waals surface area contributed by atoms with Crippen molar-refractivity contribution >= 4 is 18.0 Å². The van der Waals surface area contributed by atoms with E-state index in [-0.39, 0.29) is 12.7 Å². The van der Waals surface area contributed by atoms with E-state index in [9.17, 15) is 9.59 Å². The van der Waals surface area contributed by atoms with Gasteiger partial charge in [0.15, 0.2) is 6.61 Å². The topological polar surface area (TPSA) is 72.8 Å². The van der Waals surface area contributed by atoms with Crippen LogP contribution >= 0.6 is 0 Å². The number of aliphatic carboxylic acids is 1. The second-order valence-corrected chi connectivity index (χ2v) is 4.07. The van der Waals surface area contributed by atoms with Crippen LogP contribution in [0.3, 0.4) is 0 Å². The number of ether oxygens (including phenoxy) is 2. The average Bonchev–Trinajstić information content (AvgIpc) is 2.34. The Morgan fingerprint density at radius 1 is 1.26 bits per heavy atom. The molecule has 0 saturated carbocycles. The lowest BCUT2D eigenvalue weighted by molar-refractivity contribution is -0.149. The molecular formula is C14H16O5. The van der Waals surface area contributed by atoms with Crippen LogP contribution in [0.5, 0.6) is 5.75 Å². The van der Waals surface area contributed by atoms with E-state index in [2.05, 4.69) is 0 Å². The summed E-state index contributed by atoms with van der Waals surface area (Å²) in [5.74, 6) is -0.908. The van der Waals surface area contributed by atoms with Crippen molar-refractivity contribution in [3.05, 3.63) is 35.9 Å². The van der Waals surface area contributed by atoms with Crippen LogP contribution in [-0.2, 0) is 14.3 Å². The Hall–Kier alpha value is -2.30. The predicted octanol–water partition coefficient (Wildman–Crippen LogP) is 2.11. The summed E-state index contributed by atoms with van der Waals surface area (Å²) in [7, 11) is 0. The van der Waals surface area contributed by atoms with E-state index in [4.69, 9.17) is 14.6 Å². The number of carbonyl (C=O) groups excluding carboxylic acids is 1. The van der Waals surface area contributed by atoms with Crippen LogP contribution in [0.25, 0.3) is 6.08 Å². The Balaban J connectivity index is 2.48. The Labute approximate surface area is 111 Å². The van der Waals surface area contributed by atoms with E-state index >= 15 is 0 Å². The maximum absolute atomic E-state index is 11.2. The van der Waals surface area contributed by atoms with E-state index < -0.39 is 11.9 Å². The molecule has 0 aliphatic rings. The Morgan fingerprint density at radius 3 is 2.42 bits per heavy atom. The predicted molar refractivity (Wildman–Crippen MR) is 69.8 cm³/mol. The van der Waals surface area contributed by atoms with Gasteiger partial charge in [-0.15, -0.1) is 0 Å². The summed E-state index contributed by atoms with van der Waals surface area (Å²) >= 11 is 0. The minimum atomic E-state index is -1.00. The number of carboxylic acids is 1. The summed E-state index contributed by atoms with van der Waals surface area (Å²) in [6.45, 7) is 3.38. The van der Waals surface area contributed by atoms with Gasteiger partial charge in [0.1, 0.15) is 5.75 Å². The minimum absolute atomic E-state index is 0.150. The number of carboxylic acid groups (broad SMARTS) is 1. The SMILES string of the molecule is CC(C)OC(=O)COc1ccc(C=CC(=O)O)cc1. The third-order valence-corrected chi connectivity index (χ3v) is 2.02. The van der Waals surface area contributed by atoms with Crippen LogP contribution in [-0.4, -0.2) is 29.8 Å². The van der Waals surface area contributed by atoms with Gasteiger partial charge in [-0.3, -0.25) is 0 Å². The zero-order valence-electron chi connectivity index (χ0n) is 10.8. The first-order chi connectivity index (χ1) is 8.97. The van der Waals surface area contributed by atoms with Gasteiger partial charge in [-0.25, -0.2) is 9.59 Å². The molecule has 0 spiro atoms. The second kappa shape index (κ2) is 7.20. The first-order valence-electron chi connectivity index (χ1n) is 5.80. The first-order valence-corrected chi connectivity index (χ1v) is 5.80. The van der Waals surface area contributed by atoms with Crippen LogP contribution < -0.4 is 4.74 Å². The second-order valence-electron chi connectivity index (χ2n) is 4.07. The van der Waals surface area contributed by atoms with Gasteiger partial charge in [-0.2, -0.15) is 0 Å². The molecule has 1 rings (SSSR count). The molecule has 1 N–H and O–H groups in total. The zero-order chi connectivity index (χ0) is 14.3. The Kier molecular flexibility index (Phi) is 5.60. The molecule has 19 heavy (non-hydrogen) atoms. The molecule has 1 aromatic carbocycles. The molecule has 0 aromatic heterocycles. The third kappa shape index (κ3) is 6.26. The molecule has 0 atom stereocenters. The standard InChI is InChI=1S/C14H16O5/c1-10(2)19-14(17)9-18-12-6-3-11(4-7-12)5-8-13(15)16/h3-8,10H,9H2,1-2H3,(H,15,16). The summed E-state index contributed by atoms with van der Waals surface area (Å²) in [4.78, 5) is 21.6. The van der Waals surface area contributed by atoms with E-state index in [1.807, 2.05) is 0 Å². The fourth-order valence-electron chi connectivity index (χ4n) is 1.28. The van der Waals surface area contributed by atoms with Crippen molar-refractivity contribution in [1.29, 1.82) is 0 Å². The largest absolute Gasteiger partial charge is 0.482 e. The molecule has 0 radical (unpaired) electrons. The molecular weight excluding hydrogens is 248 g/mol. The van der Waals surface area contributed by atoms with E-state index in [1.165, 1.54) is 6.08 Å². The maximum atomic E-state index is 11.2. The van der Waals surface area contributed by atoms with E-state index in [0.717, 1.165) is 11.6 Å². The van der Waals surface area contributed by atoms with Crippen LogP contribution in [0, 0.1) is 0 Å². The highest BCUT2D eigenvalue weighted by molar-refractivity contribution is 5.85. The fraction of sp³-hybridized carbons (Fsp3) is 0.286. The van der Waals surface area contributed by atoms with Crippen molar-refractivity contribution in [2.45, 2.75) is 20.0 Å². The molecule has 0 heterocycles. The van der Waals surface area contributed by atoms with Crippen LogP contribution in [0.4, 0.5) is 0 Å². The smallest absolute Gasteiger partial charge is 0.344 e. The van der Waals surface area contributed by atoms with Crippen molar-refractivity contribution in [2.75, 3.05) is 6.61 Å². The highest BCUT2D eigenvalue weighted by atomic mass is 16.6. The maximum Gasteiger partial charge on any atom is 0.344 e. The van der Waals surface area contributed by atoms with Gasteiger partial charge >= 0.3 is 11.9 Å². The molecule has 1 aromatic rings. The van der Waals surface area contributed by atoms with E-state index in [0.29, 0.717) is 5.75 Å². The van der Waals surface area contributed by atoms with Gasteiger partial charge in [0.05, 0.1) is 6.10 Å². The van der Waals surface area contributed by atoms with Crippen molar-refractivity contribution < 1.29 is 24.2 Å². The summed E-state index contributed by atoms with van der Waals surface area (Å²) in [6, 6.07) is 6.71. The lowest BCUT2D eigenvalue weighted by atomic mass is 10.2. The first kappa shape index (κ1) is 14.8. The van der Waals surface area contributed by atoms with Crippen LogP contribution in [0.1, 0.15) is 19.4 Å². The normalized spacial score (nSPS) is 10.7. The zero-order valence-corrected chi connectivity index (χ0v) is 10.8. The van der Waals surface area contributed by atoms with Crippen molar-refractivity contribution in [2.24, 2.45) is 0 Å². The van der Waals surface area contributed by atoms with Gasteiger partial charge < -0.3 is 14.6 Å². The summed E-state index contributed by atoms with van der Waals surface area (Å²) in [6.07, 6.45) is 2.36. The quantitative estimate of drug-likeness (QED) is 0.629. The highest BCUT2D eigenvalue weighted by Gasteiger charge is 2.06. The average molecular weight is 264 g/mol. The molecule has 5 nitrogen and oxygen atoms in total. The fourth-order valence-corrected chi connectivity index (χ4v) is 1.28. The summed E-state index contributed by atoms with van der Waals surface area (Å²) < 4.78 is 10.2. The van der Waals surface area contributed by atoms with Gasteiger partial charge in [0, 0.05) is 6.08 Å². The molecule has 5 heteroatoms. The highest BCUT2D eigenvalue weighted by Crippen LogP contribution is 2.13. The third-order valence-electron chi connectivity index (χ3n) is 2.02. The van der Waals surface area contributed by atoms with Crippen molar-refractivity contribution in [3.8, 4) is 5.75 Å². The van der Waals surface area contributed by atoms with Crippen LogP contribution in [0.2, 0.25) is 0 Å². The summed E-state index contributed by atoms with van der Waals surface area (Å²) in [5, 5.41) is 8.48. The van der Waals surface area contributed by atoms with E-state index in [1.54, 1.807) is 38.1 Å². The van der Waals surface area contributed by atoms with Crippen LogP contribution in [0.15, 0.2) is 30.3 Å². The number of carbonyl (C=O) groups is 2. The molecule has 0 saturated heterocycles. The molecule has 102 valence electrons. The molecule has 0 fully saturated rings. The number of benzene rings is 1.